The highest BCUT2D eigenvalue weighted by atomic mass is 35.5. The number of halogens is 4. The highest BCUT2D eigenvalue weighted by molar-refractivity contribution is 6.31. The summed E-state index contributed by atoms with van der Waals surface area (Å²) in [6.07, 6.45) is -4.62. The van der Waals surface area contributed by atoms with Gasteiger partial charge in [0.15, 0.2) is 0 Å². The maximum absolute atomic E-state index is 13.1. The minimum atomic E-state index is -4.62. The van der Waals surface area contributed by atoms with E-state index in [2.05, 4.69) is 10.3 Å². The average molecular weight is 427 g/mol. The lowest BCUT2D eigenvalue weighted by molar-refractivity contribution is -0.137. The number of hydrogen-bond donors (Lipinski definition) is 1. The Morgan fingerprint density at radius 2 is 1.60 bits per heavy atom. The van der Waals surface area contributed by atoms with Crippen molar-refractivity contribution in [2.24, 2.45) is 0 Å². The van der Waals surface area contributed by atoms with Gasteiger partial charge in [-0.15, -0.1) is 0 Å². The predicted octanol–water partition coefficient (Wildman–Crippen LogP) is 6.83. The standard InChI is InChI=1S/C23H14ClF3N2O/c24-19-11-10-15(12-18(19)23(25,26)27)28-22(30)17-13-21(14-6-2-1-3-7-14)29-20-9-5-4-8-16(17)20/h1-13H,(H,28,30). The van der Waals surface area contributed by atoms with Crippen LogP contribution in [0.25, 0.3) is 22.2 Å². The van der Waals surface area contributed by atoms with Crippen molar-refractivity contribution in [3.63, 3.8) is 0 Å². The lowest BCUT2D eigenvalue weighted by atomic mass is 10.0. The van der Waals surface area contributed by atoms with E-state index in [1.807, 2.05) is 30.3 Å². The molecule has 1 amide bonds. The highest BCUT2D eigenvalue weighted by Gasteiger charge is 2.33. The maximum atomic E-state index is 13.1. The summed E-state index contributed by atoms with van der Waals surface area (Å²) in [5.41, 5.74) is 1.32. The van der Waals surface area contributed by atoms with Crippen molar-refractivity contribution >= 4 is 34.1 Å². The normalized spacial score (nSPS) is 11.5. The molecule has 0 bridgehead atoms. The second kappa shape index (κ2) is 7.80. The number of fused-ring (bicyclic) bond motifs is 1. The van der Waals surface area contributed by atoms with Crippen molar-refractivity contribution in [1.82, 2.24) is 4.98 Å². The zero-order chi connectivity index (χ0) is 21.3. The van der Waals surface area contributed by atoms with Gasteiger partial charge in [0.25, 0.3) is 5.91 Å². The molecular formula is C23H14ClF3N2O. The number of pyridine rings is 1. The van der Waals surface area contributed by atoms with Crippen LogP contribution in [0.3, 0.4) is 0 Å². The molecule has 3 aromatic carbocycles. The molecule has 4 aromatic rings. The first-order chi connectivity index (χ1) is 14.3. The smallest absolute Gasteiger partial charge is 0.322 e. The molecule has 7 heteroatoms. The Balaban J connectivity index is 1.77. The fraction of sp³-hybridized carbons (Fsp3) is 0.0435. The van der Waals surface area contributed by atoms with Crippen LogP contribution in [-0.4, -0.2) is 10.9 Å². The number of carbonyl (C=O) groups is 1. The zero-order valence-electron chi connectivity index (χ0n) is 15.4. The van der Waals surface area contributed by atoms with Crippen LogP contribution >= 0.6 is 11.6 Å². The van der Waals surface area contributed by atoms with Crippen molar-refractivity contribution in [1.29, 1.82) is 0 Å². The number of alkyl halides is 3. The zero-order valence-corrected chi connectivity index (χ0v) is 16.1. The van der Waals surface area contributed by atoms with E-state index in [1.54, 1.807) is 30.3 Å². The Labute approximate surface area is 175 Å². The summed E-state index contributed by atoms with van der Waals surface area (Å²) in [4.78, 5) is 17.6. The Morgan fingerprint density at radius 1 is 0.900 bits per heavy atom. The molecule has 0 unspecified atom stereocenters. The average Bonchev–Trinajstić information content (AvgIpc) is 2.74. The third kappa shape index (κ3) is 4.00. The topological polar surface area (TPSA) is 42.0 Å². The molecule has 30 heavy (non-hydrogen) atoms. The summed E-state index contributed by atoms with van der Waals surface area (Å²) < 4.78 is 39.4. The van der Waals surface area contributed by atoms with Gasteiger partial charge in [-0.05, 0) is 30.3 Å². The van der Waals surface area contributed by atoms with Gasteiger partial charge in [-0.1, -0.05) is 60.1 Å². The molecule has 1 aromatic heterocycles. The fourth-order valence-corrected chi connectivity index (χ4v) is 3.36. The molecular weight excluding hydrogens is 413 g/mol. The van der Waals surface area contributed by atoms with Crippen LogP contribution in [0.1, 0.15) is 15.9 Å². The number of hydrogen-bond acceptors (Lipinski definition) is 2. The first kappa shape index (κ1) is 19.9. The molecule has 0 saturated heterocycles. The van der Waals surface area contributed by atoms with E-state index in [0.29, 0.717) is 22.2 Å². The van der Waals surface area contributed by atoms with Gasteiger partial charge in [-0.3, -0.25) is 4.79 Å². The summed E-state index contributed by atoms with van der Waals surface area (Å²) in [5, 5.41) is 2.71. The van der Waals surface area contributed by atoms with Crippen molar-refractivity contribution in [3.05, 3.63) is 95.0 Å². The van der Waals surface area contributed by atoms with Crippen LogP contribution in [-0.2, 0) is 6.18 Å². The number of para-hydroxylation sites is 1. The van der Waals surface area contributed by atoms with Gasteiger partial charge in [-0.25, -0.2) is 4.98 Å². The van der Waals surface area contributed by atoms with Gasteiger partial charge in [0.05, 0.1) is 27.4 Å². The van der Waals surface area contributed by atoms with Crippen molar-refractivity contribution in [2.75, 3.05) is 5.32 Å². The van der Waals surface area contributed by atoms with Gasteiger partial charge >= 0.3 is 6.18 Å². The molecule has 0 fully saturated rings. The fourth-order valence-electron chi connectivity index (χ4n) is 3.14. The van der Waals surface area contributed by atoms with Gasteiger partial charge in [0, 0.05) is 16.6 Å². The Bertz CT molecular complexity index is 1240. The van der Waals surface area contributed by atoms with E-state index < -0.39 is 22.7 Å². The van der Waals surface area contributed by atoms with E-state index in [9.17, 15) is 18.0 Å². The first-order valence-electron chi connectivity index (χ1n) is 8.96. The minimum Gasteiger partial charge on any atom is -0.322 e. The van der Waals surface area contributed by atoms with Crippen LogP contribution in [0.5, 0.6) is 0 Å². The van der Waals surface area contributed by atoms with E-state index in [0.717, 1.165) is 17.7 Å². The Kier molecular flexibility index (Phi) is 5.18. The molecule has 0 aliphatic heterocycles. The van der Waals surface area contributed by atoms with Crippen molar-refractivity contribution in [3.8, 4) is 11.3 Å². The SMILES string of the molecule is O=C(Nc1ccc(Cl)c(C(F)(F)F)c1)c1cc(-c2ccccc2)nc2ccccc12. The second-order valence-corrected chi connectivity index (χ2v) is 6.99. The van der Waals surface area contributed by atoms with Gasteiger partial charge in [-0.2, -0.15) is 13.2 Å². The number of aromatic nitrogens is 1. The Hall–Kier alpha value is -3.38. The van der Waals surface area contributed by atoms with E-state index in [4.69, 9.17) is 11.6 Å². The minimum absolute atomic E-state index is 0.00104. The van der Waals surface area contributed by atoms with Gasteiger partial charge in [0.1, 0.15) is 0 Å². The Morgan fingerprint density at radius 3 is 2.33 bits per heavy atom. The lowest BCUT2D eigenvalue weighted by Gasteiger charge is -2.13. The summed E-state index contributed by atoms with van der Waals surface area (Å²) >= 11 is 5.66. The molecule has 0 aliphatic rings. The van der Waals surface area contributed by atoms with E-state index in [-0.39, 0.29) is 5.69 Å². The summed E-state index contributed by atoms with van der Waals surface area (Å²) in [5.74, 6) is -0.541. The number of amides is 1. The number of nitrogens with zero attached hydrogens (tertiary/aromatic N) is 1. The molecule has 1 N–H and O–H groups in total. The predicted molar refractivity (Wildman–Crippen MR) is 112 cm³/mol. The first-order valence-corrected chi connectivity index (χ1v) is 9.34. The third-order valence-electron chi connectivity index (χ3n) is 4.56. The quantitative estimate of drug-likeness (QED) is 0.390. The number of nitrogens with one attached hydrogen (secondary N) is 1. The molecule has 0 spiro atoms. The van der Waals surface area contributed by atoms with Gasteiger partial charge < -0.3 is 5.32 Å². The number of rotatable bonds is 3. The van der Waals surface area contributed by atoms with Crippen LogP contribution in [0.4, 0.5) is 18.9 Å². The molecule has 1 heterocycles. The maximum Gasteiger partial charge on any atom is 0.417 e. The molecule has 3 nitrogen and oxygen atoms in total. The number of carbonyl (C=O) groups excluding carboxylic acids is 1. The number of anilines is 1. The summed E-state index contributed by atoms with van der Waals surface area (Å²) in [6, 6.07) is 21.3. The van der Waals surface area contributed by atoms with E-state index in [1.165, 1.54) is 6.07 Å². The molecule has 0 aliphatic carbocycles. The molecule has 4 rings (SSSR count). The van der Waals surface area contributed by atoms with Crippen LogP contribution in [0.2, 0.25) is 5.02 Å². The van der Waals surface area contributed by atoms with Crippen LogP contribution < -0.4 is 5.32 Å². The molecule has 0 atom stereocenters. The monoisotopic (exact) mass is 426 g/mol. The van der Waals surface area contributed by atoms with Crippen molar-refractivity contribution < 1.29 is 18.0 Å². The number of benzene rings is 3. The van der Waals surface area contributed by atoms with Crippen LogP contribution in [0.15, 0.2) is 78.9 Å². The highest BCUT2D eigenvalue weighted by Crippen LogP contribution is 2.36. The molecule has 0 radical (unpaired) electrons. The van der Waals surface area contributed by atoms with Crippen molar-refractivity contribution in [2.45, 2.75) is 6.18 Å². The third-order valence-corrected chi connectivity index (χ3v) is 4.89. The van der Waals surface area contributed by atoms with Gasteiger partial charge in [0.2, 0.25) is 0 Å². The second-order valence-electron chi connectivity index (χ2n) is 6.58. The molecule has 150 valence electrons. The largest absolute Gasteiger partial charge is 0.417 e. The summed E-state index contributed by atoms with van der Waals surface area (Å²) in [7, 11) is 0. The molecule has 0 saturated carbocycles. The lowest BCUT2D eigenvalue weighted by Crippen LogP contribution is -2.14. The summed E-state index contributed by atoms with van der Waals surface area (Å²) in [6.45, 7) is 0. The van der Waals surface area contributed by atoms with E-state index >= 15 is 0 Å². The van der Waals surface area contributed by atoms with Crippen LogP contribution in [0, 0.1) is 0 Å².